The quantitative estimate of drug-likeness (QED) is 0.834. The Hall–Kier alpha value is -1.90. The van der Waals surface area contributed by atoms with Crippen LogP contribution in [-0.4, -0.2) is 20.7 Å². The molecule has 9 heteroatoms. The summed E-state index contributed by atoms with van der Waals surface area (Å²) < 4.78 is 40.1. The second kappa shape index (κ2) is 6.54. The summed E-state index contributed by atoms with van der Waals surface area (Å²) in [5, 5.41) is 6.25. The molecular weight excluding hydrogens is 389 g/mol. The molecule has 2 aromatic rings. The molecule has 5 nitrogen and oxygen atoms in total. The zero-order valence-electron chi connectivity index (χ0n) is 12.5. The van der Waals surface area contributed by atoms with Crippen molar-refractivity contribution in [2.75, 3.05) is 0 Å². The monoisotopic (exact) mass is 402 g/mol. The van der Waals surface area contributed by atoms with Gasteiger partial charge in [0.05, 0.1) is 22.4 Å². The number of alkyl halides is 3. The second-order valence-electron chi connectivity index (χ2n) is 5.58. The number of halogens is 4. The van der Waals surface area contributed by atoms with Gasteiger partial charge in [-0.25, -0.2) is 0 Å². The molecule has 128 valence electrons. The molecule has 1 aliphatic carbocycles. The van der Waals surface area contributed by atoms with Crippen molar-refractivity contribution in [1.29, 1.82) is 0 Å². The predicted octanol–water partition coefficient (Wildman–Crippen LogP) is 3.25. The first-order chi connectivity index (χ1) is 11.4. The first-order valence-electron chi connectivity index (χ1n) is 7.36. The first-order valence-corrected chi connectivity index (χ1v) is 8.15. The van der Waals surface area contributed by atoms with Crippen molar-refractivity contribution >= 4 is 21.8 Å². The average molecular weight is 403 g/mol. The fourth-order valence-electron chi connectivity index (χ4n) is 2.39. The maximum atomic E-state index is 13.0. The molecule has 2 aromatic heterocycles. The smallest absolute Gasteiger partial charge is 0.349 e. The highest BCUT2D eigenvalue weighted by Crippen LogP contribution is 2.46. The van der Waals surface area contributed by atoms with Gasteiger partial charge in [-0.3, -0.25) is 14.5 Å². The number of amides is 1. The van der Waals surface area contributed by atoms with E-state index in [4.69, 9.17) is 0 Å². The highest BCUT2D eigenvalue weighted by molar-refractivity contribution is 9.10. The van der Waals surface area contributed by atoms with Crippen LogP contribution in [0.2, 0.25) is 0 Å². The normalized spacial score (nSPS) is 14.7. The third-order valence-electron chi connectivity index (χ3n) is 3.65. The van der Waals surface area contributed by atoms with Crippen LogP contribution in [0.4, 0.5) is 13.2 Å². The summed E-state index contributed by atoms with van der Waals surface area (Å²) in [6, 6.07) is 5.30. The van der Waals surface area contributed by atoms with Crippen LogP contribution < -0.4 is 5.32 Å². The maximum absolute atomic E-state index is 13.0. The zero-order chi connectivity index (χ0) is 17.3. The van der Waals surface area contributed by atoms with Gasteiger partial charge in [-0.2, -0.15) is 18.3 Å². The summed E-state index contributed by atoms with van der Waals surface area (Å²) in [6.07, 6.45) is -1.35. The lowest BCUT2D eigenvalue weighted by Crippen LogP contribution is -2.28. The van der Waals surface area contributed by atoms with Crippen molar-refractivity contribution in [3.05, 3.63) is 46.0 Å². The Morgan fingerprint density at radius 1 is 1.38 bits per heavy atom. The Bertz CT molecular complexity index is 741. The van der Waals surface area contributed by atoms with Gasteiger partial charge in [0.1, 0.15) is 6.54 Å². The largest absolute Gasteiger partial charge is 0.436 e. The standard InChI is InChI=1S/C15H14BrF3N4O/c16-12-13(9-4-5-9)23(22-14(12)15(17,18)19)8-11(24)21-7-10-3-1-2-6-20-10/h1-3,6,9H,4-5,7-8H2,(H,21,24). The number of aromatic nitrogens is 3. The van der Waals surface area contributed by atoms with E-state index in [0.717, 1.165) is 17.5 Å². The molecule has 1 amide bonds. The van der Waals surface area contributed by atoms with E-state index >= 15 is 0 Å². The van der Waals surface area contributed by atoms with Gasteiger partial charge in [0.25, 0.3) is 0 Å². The third kappa shape index (κ3) is 3.77. The molecule has 3 rings (SSSR count). The minimum atomic E-state index is -4.56. The summed E-state index contributed by atoms with van der Waals surface area (Å²) >= 11 is 3.00. The van der Waals surface area contributed by atoms with Crippen molar-refractivity contribution in [3.8, 4) is 0 Å². The van der Waals surface area contributed by atoms with Crippen molar-refractivity contribution < 1.29 is 18.0 Å². The van der Waals surface area contributed by atoms with E-state index in [2.05, 4.69) is 31.3 Å². The molecule has 0 unspecified atom stereocenters. The molecule has 0 radical (unpaired) electrons. The number of nitrogens with one attached hydrogen (secondary N) is 1. The number of nitrogens with zero attached hydrogens (tertiary/aromatic N) is 3. The van der Waals surface area contributed by atoms with Crippen molar-refractivity contribution in [3.63, 3.8) is 0 Å². The second-order valence-corrected chi connectivity index (χ2v) is 6.37. The summed E-state index contributed by atoms with van der Waals surface area (Å²) in [5.41, 5.74) is 0.128. The molecule has 0 atom stereocenters. The Balaban J connectivity index is 1.73. The molecule has 1 saturated carbocycles. The molecule has 0 saturated heterocycles. The van der Waals surface area contributed by atoms with Gasteiger partial charge in [0.15, 0.2) is 5.69 Å². The Morgan fingerprint density at radius 2 is 2.12 bits per heavy atom. The van der Waals surface area contributed by atoms with Crippen LogP contribution in [-0.2, 0) is 24.1 Å². The van der Waals surface area contributed by atoms with E-state index in [0.29, 0.717) is 11.4 Å². The van der Waals surface area contributed by atoms with E-state index in [-0.39, 0.29) is 23.5 Å². The van der Waals surface area contributed by atoms with E-state index < -0.39 is 17.8 Å². The van der Waals surface area contributed by atoms with Gasteiger partial charge in [-0.05, 0) is 40.9 Å². The molecule has 2 heterocycles. The number of carbonyl (C=O) groups excluding carboxylic acids is 1. The molecule has 0 bridgehead atoms. The van der Waals surface area contributed by atoms with Crippen LogP contribution in [0.3, 0.4) is 0 Å². The summed E-state index contributed by atoms with van der Waals surface area (Å²) in [6.45, 7) is -0.0413. The van der Waals surface area contributed by atoms with Gasteiger partial charge < -0.3 is 5.32 Å². The SMILES string of the molecule is O=C(Cn1nc(C(F)(F)F)c(Br)c1C1CC1)NCc1ccccn1. The minimum absolute atomic E-state index is 0.0200. The number of pyridine rings is 1. The van der Waals surface area contributed by atoms with Gasteiger partial charge in [-0.15, -0.1) is 0 Å². The van der Waals surface area contributed by atoms with Crippen LogP contribution in [0, 0.1) is 0 Å². The molecule has 0 aliphatic heterocycles. The maximum Gasteiger partial charge on any atom is 0.436 e. The van der Waals surface area contributed by atoms with Gasteiger partial charge in [0, 0.05) is 12.1 Å². The van der Waals surface area contributed by atoms with Crippen LogP contribution in [0.1, 0.15) is 35.8 Å². The van der Waals surface area contributed by atoms with Gasteiger partial charge in [0.2, 0.25) is 5.91 Å². The number of carbonyl (C=O) groups is 1. The number of rotatable bonds is 5. The molecular formula is C15H14BrF3N4O. The van der Waals surface area contributed by atoms with E-state index in [1.165, 1.54) is 0 Å². The fourth-order valence-corrected chi connectivity index (χ4v) is 3.22. The highest BCUT2D eigenvalue weighted by atomic mass is 79.9. The molecule has 1 N–H and O–H groups in total. The molecule has 0 aromatic carbocycles. The molecule has 1 aliphatic rings. The third-order valence-corrected chi connectivity index (χ3v) is 4.43. The first kappa shape index (κ1) is 16.9. The van der Waals surface area contributed by atoms with Crippen molar-refractivity contribution in [2.45, 2.75) is 38.0 Å². The Kier molecular flexibility index (Phi) is 4.62. The van der Waals surface area contributed by atoms with Gasteiger partial charge >= 0.3 is 6.18 Å². The van der Waals surface area contributed by atoms with Crippen LogP contribution in [0.25, 0.3) is 0 Å². The zero-order valence-corrected chi connectivity index (χ0v) is 14.1. The van der Waals surface area contributed by atoms with Crippen molar-refractivity contribution in [2.24, 2.45) is 0 Å². The van der Waals surface area contributed by atoms with E-state index in [1.807, 2.05) is 0 Å². The number of hydrogen-bond acceptors (Lipinski definition) is 3. The summed E-state index contributed by atoms with van der Waals surface area (Å²) in [4.78, 5) is 16.1. The van der Waals surface area contributed by atoms with E-state index in [1.54, 1.807) is 24.4 Å². The lowest BCUT2D eigenvalue weighted by atomic mass is 10.2. The highest BCUT2D eigenvalue weighted by Gasteiger charge is 2.41. The van der Waals surface area contributed by atoms with E-state index in [9.17, 15) is 18.0 Å². The van der Waals surface area contributed by atoms with Crippen molar-refractivity contribution in [1.82, 2.24) is 20.1 Å². The lowest BCUT2D eigenvalue weighted by molar-refractivity contribution is -0.142. The Morgan fingerprint density at radius 3 is 2.71 bits per heavy atom. The summed E-state index contributed by atoms with van der Waals surface area (Å²) in [5.74, 6) is -0.391. The van der Waals surface area contributed by atoms with Crippen LogP contribution >= 0.6 is 15.9 Å². The lowest BCUT2D eigenvalue weighted by Gasteiger charge is -2.08. The number of hydrogen-bond donors (Lipinski definition) is 1. The average Bonchev–Trinajstić information content (AvgIpc) is 3.30. The molecule has 1 fully saturated rings. The van der Waals surface area contributed by atoms with Gasteiger partial charge in [-0.1, -0.05) is 6.07 Å². The summed E-state index contributed by atoms with van der Waals surface area (Å²) in [7, 11) is 0. The van der Waals surface area contributed by atoms with Crippen LogP contribution in [0.5, 0.6) is 0 Å². The Labute approximate surface area is 144 Å². The van der Waals surface area contributed by atoms with Crippen LogP contribution in [0.15, 0.2) is 28.9 Å². The molecule has 24 heavy (non-hydrogen) atoms. The fraction of sp³-hybridized carbons (Fsp3) is 0.400. The minimum Gasteiger partial charge on any atom is -0.349 e. The predicted molar refractivity (Wildman–Crippen MR) is 83.0 cm³/mol. The topological polar surface area (TPSA) is 59.8 Å². The molecule has 0 spiro atoms.